The van der Waals surface area contributed by atoms with Gasteiger partial charge in [0.05, 0.1) is 17.8 Å². The summed E-state index contributed by atoms with van der Waals surface area (Å²) < 4.78 is 48.4. The van der Waals surface area contributed by atoms with Crippen LogP contribution in [0.4, 0.5) is 18.0 Å². The number of rotatable bonds is 10. The number of hydrogen-bond acceptors (Lipinski definition) is 5. The van der Waals surface area contributed by atoms with Crippen molar-refractivity contribution in [3.63, 3.8) is 0 Å². The van der Waals surface area contributed by atoms with Gasteiger partial charge in [0.25, 0.3) is 0 Å². The summed E-state index contributed by atoms with van der Waals surface area (Å²) in [7, 11) is 1.60. The number of benzene rings is 1. The van der Waals surface area contributed by atoms with Crippen molar-refractivity contribution in [3.05, 3.63) is 35.4 Å². The maximum atomic E-state index is 12.8. The fraction of sp³-hybridized carbons (Fsp3) is 0.600. The quantitative estimate of drug-likeness (QED) is 0.338. The van der Waals surface area contributed by atoms with E-state index in [-0.39, 0.29) is 13.2 Å². The van der Waals surface area contributed by atoms with Gasteiger partial charge >= 0.3 is 12.3 Å². The molecule has 1 aromatic rings. The molecular formula is C20H29F3N2O4. The first-order chi connectivity index (χ1) is 13.5. The number of carbonyl (C=O) groups excluding carboxylic acids is 1. The maximum Gasteiger partial charge on any atom is 0.416 e. The zero-order valence-electron chi connectivity index (χ0n) is 17.3. The van der Waals surface area contributed by atoms with Gasteiger partial charge in [-0.25, -0.2) is 4.79 Å². The number of alkyl halides is 3. The van der Waals surface area contributed by atoms with Gasteiger partial charge in [0, 0.05) is 13.7 Å². The Labute approximate surface area is 169 Å². The third-order valence-electron chi connectivity index (χ3n) is 3.59. The van der Waals surface area contributed by atoms with E-state index in [1.807, 2.05) is 0 Å². The van der Waals surface area contributed by atoms with Crippen molar-refractivity contribution in [1.29, 1.82) is 0 Å². The van der Waals surface area contributed by atoms with Gasteiger partial charge in [-0.05, 0) is 57.7 Å². The van der Waals surface area contributed by atoms with Crippen LogP contribution < -0.4 is 5.32 Å². The van der Waals surface area contributed by atoms with Gasteiger partial charge < -0.3 is 19.6 Å². The van der Waals surface area contributed by atoms with Crippen molar-refractivity contribution in [2.24, 2.45) is 5.16 Å². The zero-order chi connectivity index (χ0) is 21.9. The summed E-state index contributed by atoms with van der Waals surface area (Å²) in [5.74, 6) is 0. The number of nitrogens with one attached hydrogen (secondary N) is 1. The molecule has 29 heavy (non-hydrogen) atoms. The number of hydrogen-bond donors (Lipinski definition) is 1. The number of unbranched alkanes of at least 4 members (excludes halogenated alkanes) is 1. The minimum atomic E-state index is -4.39. The van der Waals surface area contributed by atoms with Crippen LogP contribution in [0.25, 0.3) is 0 Å². The van der Waals surface area contributed by atoms with Crippen LogP contribution in [0.5, 0.6) is 0 Å². The standard InChI is InChI=1S/C20H29F3N2O4/c1-19(2,3)29-18(26)24-12-14-28-25-17(7-5-6-13-27-4)15-8-10-16(11-9-15)20(21,22)23/h8-11H,5-7,12-14H2,1-4H3,(H,24,26)/b25-17+. The van der Waals surface area contributed by atoms with E-state index in [1.54, 1.807) is 27.9 Å². The van der Waals surface area contributed by atoms with Crippen molar-refractivity contribution < 1.29 is 32.3 Å². The van der Waals surface area contributed by atoms with E-state index in [9.17, 15) is 18.0 Å². The average molecular weight is 418 g/mol. The van der Waals surface area contributed by atoms with Gasteiger partial charge in [-0.3, -0.25) is 0 Å². The van der Waals surface area contributed by atoms with Gasteiger partial charge in [-0.15, -0.1) is 0 Å². The Balaban J connectivity index is 2.65. The lowest BCUT2D eigenvalue weighted by Gasteiger charge is -2.19. The van der Waals surface area contributed by atoms with Crippen LogP contribution in [0.15, 0.2) is 29.4 Å². The van der Waals surface area contributed by atoms with E-state index in [2.05, 4.69) is 10.5 Å². The van der Waals surface area contributed by atoms with Crippen molar-refractivity contribution >= 4 is 11.8 Å². The highest BCUT2D eigenvalue weighted by atomic mass is 19.4. The lowest BCUT2D eigenvalue weighted by atomic mass is 10.0. The van der Waals surface area contributed by atoms with Crippen LogP contribution in [0.2, 0.25) is 0 Å². The van der Waals surface area contributed by atoms with E-state index in [1.165, 1.54) is 12.1 Å². The molecule has 0 aromatic heterocycles. The van der Waals surface area contributed by atoms with Crippen LogP contribution >= 0.6 is 0 Å². The van der Waals surface area contributed by atoms with Gasteiger partial charge in [-0.1, -0.05) is 17.3 Å². The van der Waals surface area contributed by atoms with E-state index in [0.29, 0.717) is 24.3 Å². The van der Waals surface area contributed by atoms with Crippen molar-refractivity contribution in [2.75, 3.05) is 26.9 Å². The Morgan fingerprint density at radius 3 is 2.28 bits per heavy atom. The average Bonchev–Trinajstić information content (AvgIpc) is 2.61. The molecule has 0 saturated heterocycles. The fourth-order valence-corrected chi connectivity index (χ4v) is 2.27. The topological polar surface area (TPSA) is 69.2 Å². The number of oxime groups is 1. The van der Waals surface area contributed by atoms with Gasteiger partial charge in [0.2, 0.25) is 0 Å². The lowest BCUT2D eigenvalue weighted by molar-refractivity contribution is -0.137. The molecule has 1 rings (SSSR count). The number of methoxy groups -OCH3 is 1. The van der Waals surface area contributed by atoms with Gasteiger partial charge in [0.1, 0.15) is 12.2 Å². The van der Waals surface area contributed by atoms with Gasteiger partial charge in [-0.2, -0.15) is 13.2 Å². The maximum absolute atomic E-state index is 12.8. The Hall–Kier alpha value is -2.29. The molecule has 0 heterocycles. The summed E-state index contributed by atoms with van der Waals surface area (Å²) in [6, 6.07) is 4.79. The van der Waals surface area contributed by atoms with E-state index in [0.717, 1.165) is 25.0 Å². The molecule has 164 valence electrons. The summed E-state index contributed by atoms with van der Waals surface area (Å²) in [5, 5.41) is 6.60. The summed E-state index contributed by atoms with van der Waals surface area (Å²) in [5.41, 5.74) is -0.230. The first-order valence-electron chi connectivity index (χ1n) is 9.35. The highest BCUT2D eigenvalue weighted by Crippen LogP contribution is 2.29. The minimum absolute atomic E-state index is 0.0987. The molecule has 9 heteroatoms. The van der Waals surface area contributed by atoms with Crippen LogP contribution in [-0.2, 0) is 20.5 Å². The van der Waals surface area contributed by atoms with Gasteiger partial charge in [0.15, 0.2) is 0 Å². The third kappa shape index (κ3) is 10.7. The molecule has 1 N–H and O–H groups in total. The van der Waals surface area contributed by atoms with E-state index in [4.69, 9.17) is 14.3 Å². The second kappa shape index (κ2) is 11.6. The Morgan fingerprint density at radius 2 is 1.72 bits per heavy atom. The molecule has 0 spiro atoms. The first kappa shape index (κ1) is 24.7. The first-order valence-corrected chi connectivity index (χ1v) is 9.35. The normalized spacial score (nSPS) is 12.6. The molecule has 6 nitrogen and oxygen atoms in total. The second-order valence-electron chi connectivity index (χ2n) is 7.32. The summed E-state index contributed by atoms with van der Waals surface area (Å²) in [4.78, 5) is 16.8. The molecule has 1 amide bonds. The second-order valence-corrected chi connectivity index (χ2v) is 7.32. The van der Waals surface area contributed by atoms with Crippen LogP contribution in [0.3, 0.4) is 0 Å². The molecule has 0 aliphatic heterocycles. The fourth-order valence-electron chi connectivity index (χ4n) is 2.27. The predicted molar refractivity (Wildman–Crippen MR) is 104 cm³/mol. The molecule has 1 aromatic carbocycles. The van der Waals surface area contributed by atoms with E-state index >= 15 is 0 Å². The van der Waals surface area contributed by atoms with Crippen LogP contribution in [0, 0.1) is 0 Å². The summed E-state index contributed by atoms with van der Waals surface area (Å²) in [6.45, 7) is 6.14. The summed E-state index contributed by atoms with van der Waals surface area (Å²) >= 11 is 0. The molecule has 0 saturated carbocycles. The SMILES string of the molecule is COCCCC/C(=N\OCCNC(=O)OC(C)(C)C)c1ccc(C(F)(F)F)cc1. The third-order valence-corrected chi connectivity index (χ3v) is 3.59. The number of nitrogens with zero attached hydrogens (tertiary/aromatic N) is 1. The Bertz CT molecular complexity index is 653. The van der Waals surface area contributed by atoms with E-state index < -0.39 is 23.4 Å². The molecule has 0 aliphatic carbocycles. The molecule has 0 radical (unpaired) electrons. The molecule has 0 unspecified atom stereocenters. The molecule has 0 aliphatic rings. The highest BCUT2D eigenvalue weighted by molar-refractivity contribution is 6.00. The monoisotopic (exact) mass is 418 g/mol. The van der Waals surface area contributed by atoms with Crippen LogP contribution in [-0.4, -0.2) is 44.3 Å². The predicted octanol–water partition coefficient (Wildman–Crippen LogP) is 4.77. The van der Waals surface area contributed by atoms with Crippen molar-refractivity contribution in [2.45, 2.75) is 51.8 Å². The number of ether oxygens (including phenoxy) is 2. The minimum Gasteiger partial charge on any atom is -0.444 e. The number of amides is 1. The van der Waals surface area contributed by atoms with Crippen molar-refractivity contribution in [3.8, 4) is 0 Å². The lowest BCUT2D eigenvalue weighted by Crippen LogP contribution is -2.34. The zero-order valence-corrected chi connectivity index (χ0v) is 17.3. The molecule has 0 fully saturated rings. The molecular weight excluding hydrogens is 389 g/mol. The number of halogens is 3. The smallest absolute Gasteiger partial charge is 0.416 e. The summed E-state index contributed by atoms with van der Waals surface area (Å²) in [6.07, 6.45) is -2.90. The molecule has 0 bridgehead atoms. The highest BCUT2D eigenvalue weighted by Gasteiger charge is 2.30. The Kier molecular flexibility index (Phi) is 9.94. The number of carbonyl (C=O) groups is 1. The number of alkyl carbamates (subject to hydrolysis) is 1. The molecule has 0 atom stereocenters. The van der Waals surface area contributed by atoms with Crippen LogP contribution in [0.1, 0.15) is 51.2 Å². The Morgan fingerprint density at radius 1 is 1.07 bits per heavy atom. The largest absolute Gasteiger partial charge is 0.444 e. The van der Waals surface area contributed by atoms with Crippen molar-refractivity contribution in [1.82, 2.24) is 5.32 Å².